The lowest BCUT2D eigenvalue weighted by Gasteiger charge is -2.34. The Labute approximate surface area is 144 Å². The number of carbonyl (C=O) groups is 1. The predicted octanol–water partition coefficient (Wildman–Crippen LogP) is 2.91. The third-order valence-corrected chi connectivity index (χ3v) is 5.00. The van der Waals surface area contributed by atoms with E-state index in [0.29, 0.717) is 31.3 Å². The second-order valence-electron chi connectivity index (χ2n) is 7.31. The van der Waals surface area contributed by atoms with Gasteiger partial charge >= 0.3 is 0 Å². The molecule has 0 spiro atoms. The van der Waals surface area contributed by atoms with Crippen molar-refractivity contribution in [1.29, 1.82) is 0 Å². The Morgan fingerprint density at radius 1 is 1.21 bits per heavy atom. The maximum Gasteiger partial charge on any atom is 0.226 e. The molecule has 5 nitrogen and oxygen atoms in total. The number of nitrogens with one attached hydrogen (secondary N) is 1. The van der Waals surface area contributed by atoms with Gasteiger partial charge in [0.1, 0.15) is 0 Å². The van der Waals surface area contributed by atoms with Crippen molar-refractivity contribution in [2.45, 2.75) is 39.0 Å². The van der Waals surface area contributed by atoms with Gasteiger partial charge in [-0.1, -0.05) is 26.8 Å². The molecular formula is C19H29NO4. The van der Waals surface area contributed by atoms with Crippen LogP contribution in [0.5, 0.6) is 11.5 Å². The Balaban J connectivity index is 2.06. The van der Waals surface area contributed by atoms with E-state index >= 15 is 0 Å². The minimum Gasteiger partial charge on any atom is -0.493 e. The number of hydrogen-bond acceptors (Lipinski definition) is 4. The molecule has 1 amide bonds. The summed E-state index contributed by atoms with van der Waals surface area (Å²) in [4.78, 5) is 12.6. The van der Waals surface area contributed by atoms with Crippen LogP contribution in [0.2, 0.25) is 0 Å². The zero-order valence-electron chi connectivity index (χ0n) is 15.4. The van der Waals surface area contributed by atoms with Crippen molar-refractivity contribution in [1.82, 2.24) is 5.32 Å². The fraction of sp³-hybridized carbons (Fsp3) is 0.632. The van der Waals surface area contributed by atoms with Crippen molar-refractivity contribution in [3.05, 3.63) is 23.8 Å². The standard InChI is InChI=1S/C19H29NO4/c1-18(2,14-6-7-15(22-4)16(12-14)23-5)13-20-17(21)19(3)8-10-24-11-9-19/h6-7,12H,8-11,13H2,1-5H3,(H,20,21). The highest BCUT2D eigenvalue weighted by Gasteiger charge is 2.36. The fourth-order valence-electron chi connectivity index (χ4n) is 2.92. The molecule has 0 unspecified atom stereocenters. The second kappa shape index (κ2) is 7.43. The number of methoxy groups -OCH3 is 2. The van der Waals surface area contributed by atoms with Gasteiger partial charge in [-0.2, -0.15) is 0 Å². The SMILES string of the molecule is COc1ccc(C(C)(C)CNC(=O)C2(C)CCOCC2)cc1OC. The van der Waals surface area contributed by atoms with E-state index in [9.17, 15) is 4.79 Å². The molecule has 0 bridgehead atoms. The van der Waals surface area contributed by atoms with Crippen LogP contribution in [0, 0.1) is 5.41 Å². The maximum atomic E-state index is 12.6. The van der Waals surface area contributed by atoms with Gasteiger partial charge in [-0.05, 0) is 30.5 Å². The fourth-order valence-corrected chi connectivity index (χ4v) is 2.92. The summed E-state index contributed by atoms with van der Waals surface area (Å²) in [6.07, 6.45) is 1.55. The molecule has 1 aromatic carbocycles. The smallest absolute Gasteiger partial charge is 0.226 e. The van der Waals surface area contributed by atoms with E-state index < -0.39 is 0 Å². The summed E-state index contributed by atoms with van der Waals surface area (Å²) in [5, 5.41) is 3.13. The van der Waals surface area contributed by atoms with Gasteiger partial charge in [-0.3, -0.25) is 4.79 Å². The third-order valence-electron chi connectivity index (χ3n) is 5.00. The predicted molar refractivity (Wildman–Crippen MR) is 93.7 cm³/mol. The Bertz CT molecular complexity index is 577. The number of benzene rings is 1. The van der Waals surface area contributed by atoms with E-state index in [4.69, 9.17) is 14.2 Å². The highest BCUT2D eigenvalue weighted by molar-refractivity contribution is 5.82. The Morgan fingerprint density at radius 3 is 2.42 bits per heavy atom. The third kappa shape index (κ3) is 4.01. The molecule has 1 heterocycles. The first-order valence-electron chi connectivity index (χ1n) is 8.41. The van der Waals surface area contributed by atoms with E-state index in [1.54, 1.807) is 14.2 Å². The van der Waals surface area contributed by atoms with Crippen molar-refractivity contribution in [3.8, 4) is 11.5 Å². The Hall–Kier alpha value is -1.75. The molecule has 1 aliphatic heterocycles. The first-order chi connectivity index (χ1) is 11.3. The normalized spacial score (nSPS) is 17.2. The lowest BCUT2D eigenvalue weighted by atomic mass is 9.80. The molecule has 1 aliphatic rings. The maximum absolute atomic E-state index is 12.6. The zero-order valence-corrected chi connectivity index (χ0v) is 15.4. The number of hydrogen-bond donors (Lipinski definition) is 1. The van der Waals surface area contributed by atoms with Gasteiger partial charge in [0.25, 0.3) is 0 Å². The average molecular weight is 335 g/mol. The largest absolute Gasteiger partial charge is 0.493 e. The lowest BCUT2D eigenvalue weighted by Crippen LogP contribution is -2.46. The summed E-state index contributed by atoms with van der Waals surface area (Å²) in [7, 11) is 3.25. The molecule has 1 aromatic rings. The van der Waals surface area contributed by atoms with Crippen molar-refractivity contribution in [2.75, 3.05) is 34.0 Å². The summed E-state index contributed by atoms with van der Waals surface area (Å²) >= 11 is 0. The second-order valence-corrected chi connectivity index (χ2v) is 7.31. The van der Waals surface area contributed by atoms with Gasteiger partial charge in [0.05, 0.1) is 19.6 Å². The van der Waals surface area contributed by atoms with Crippen LogP contribution in [-0.4, -0.2) is 39.9 Å². The summed E-state index contributed by atoms with van der Waals surface area (Å²) in [6.45, 7) is 8.12. The van der Waals surface area contributed by atoms with Gasteiger partial charge in [0.15, 0.2) is 11.5 Å². The summed E-state index contributed by atoms with van der Waals surface area (Å²) in [6, 6.07) is 5.89. The molecule has 5 heteroatoms. The summed E-state index contributed by atoms with van der Waals surface area (Å²) in [5.41, 5.74) is 0.556. The van der Waals surface area contributed by atoms with Crippen LogP contribution in [-0.2, 0) is 14.9 Å². The molecule has 1 saturated heterocycles. The van der Waals surface area contributed by atoms with E-state index in [-0.39, 0.29) is 16.7 Å². The molecule has 1 fully saturated rings. The zero-order chi connectivity index (χ0) is 17.8. The van der Waals surface area contributed by atoms with E-state index in [2.05, 4.69) is 19.2 Å². The van der Waals surface area contributed by atoms with Crippen LogP contribution in [0.3, 0.4) is 0 Å². The first kappa shape index (κ1) is 18.6. The minimum atomic E-state index is -0.327. The van der Waals surface area contributed by atoms with E-state index in [0.717, 1.165) is 18.4 Å². The van der Waals surface area contributed by atoms with Crippen LogP contribution >= 0.6 is 0 Å². The van der Waals surface area contributed by atoms with Crippen LogP contribution in [0.15, 0.2) is 18.2 Å². The van der Waals surface area contributed by atoms with E-state index in [1.165, 1.54) is 0 Å². The lowest BCUT2D eigenvalue weighted by molar-refractivity contribution is -0.135. The molecule has 0 radical (unpaired) electrons. The molecule has 134 valence electrons. The van der Waals surface area contributed by atoms with Crippen molar-refractivity contribution in [3.63, 3.8) is 0 Å². The molecule has 0 aliphatic carbocycles. The quantitative estimate of drug-likeness (QED) is 0.868. The van der Waals surface area contributed by atoms with Gasteiger partial charge < -0.3 is 19.5 Å². The number of amides is 1. The van der Waals surface area contributed by atoms with Crippen molar-refractivity contribution >= 4 is 5.91 Å². The van der Waals surface area contributed by atoms with E-state index in [1.807, 2.05) is 25.1 Å². The Kier molecular flexibility index (Phi) is 5.75. The van der Waals surface area contributed by atoms with Gasteiger partial charge in [0, 0.05) is 25.2 Å². The average Bonchev–Trinajstić information content (AvgIpc) is 2.59. The van der Waals surface area contributed by atoms with Crippen LogP contribution in [0.4, 0.5) is 0 Å². The monoisotopic (exact) mass is 335 g/mol. The molecule has 0 aromatic heterocycles. The summed E-state index contributed by atoms with van der Waals surface area (Å²) < 4.78 is 16.0. The number of carbonyl (C=O) groups excluding carboxylic acids is 1. The molecule has 0 saturated carbocycles. The molecule has 1 N–H and O–H groups in total. The number of ether oxygens (including phenoxy) is 3. The highest BCUT2D eigenvalue weighted by atomic mass is 16.5. The minimum absolute atomic E-state index is 0.111. The van der Waals surface area contributed by atoms with Crippen molar-refractivity contribution < 1.29 is 19.0 Å². The molecule has 0 atom stereocenters. The molecular weight excluding hydrogens is 306 g/mol. The Morgan fingerprint density at radius 2 is 1.83 bits per heavy atom. The van der Waals surface area contributed by atoms with Crippen LogP contribution < -0.4 is 14.8 Å². The highest BCUT2D eigenvalue weighted by Crippen LogP contribution is 2.34. The van der Waals surface area contributed by atoms with Crippen molar-refractivity contribution in [2.24, 2.45) is 5.41 Å². The topological polar surface area (TPSA) is 56.8 Å². The van der Waals surface area contributed by atoms with Crippen LogP contribution in [0.25, 0.3) is 0 Å². The molecule has 24 heavy (non-hydrogen) atoms. The van der Waals surface area contributed by atoms with Gasteiger partial charge in [-0.15, -0.1) is 0 Å². The van der Waals surface area contributed by atoms with Crippen LogP contribution in [0.1, 0.15) is 39.2 Å². The van der Waals surface area contributed by atoms with Gasteiger partial charge in [-0.25, -0.2) is 0 Å². The number of rotatable bonds is 6. The van der Waals surface area contributed by atoms with Gasteiger partial charge in [0.2, 0.25) is 5.91 Å². The molecule has 2 rings (SSSR count). The first-order valence-corrected chi connectivity index (χ1v) is 8.41. The summed E-state index contributed by atoms with van der Waals surface area (Å²) in [5.74, 6) is 1.51.